The van der Waals surface area contributed by atoms with E-state index in [9.17, 15) is 14.4 Å². The molecular weight excluding hydrogens is 491 g/mol. The van der Waals surface area contributed by atoms with Gasteiger partial charge in [-0.3, -0.25) is 14.4 Å². The van der Waals surface area contributed by atoms with Gasteiger partial charge in [-0.1, -0.05) is 40.9 Å². The number of halogens is 3. The number of nitrogens with one attached hydrogen (secondary N) is 1. The molecule has 0 aromatic heterocycles. The van der Waals surface area contributed by atoms with Gasteiger partial charge in [0.05, 0.1) is 21.5 Å². The first-order valence-electron chi connectivity index (χ1n) is 9.47. The maximum absolute atomic E-state index is 12.8. The lowest BCUT2D eigenvalue weighted by Gasteiger charge is -2.15. The monoisotopic (exact) mass is 504 g/mol. The van der Waals surface area contributed by atoms with Gasteiger partial charge in [-0.25, -0.2) is 4.90 Å². The van der Waals surface area contributed by atoms with Crippen LogP contribution in [-0.4, -0.2) is 23.0 Å². The lowest BCUT2D eigenvalue weighted by Crippen LogP contribution is -2.31. The minimum absolute atomic E-state index is 0.101. The van der Waals surface area contributed by atoms with E-state index in [1.165, 1.54) is 22.7 Å². The van der Waals surface area contributed by atoms with Gasteiger partial charge >= 0.3 is 0 Å². The normalized spacial score (nSPS) is 15.8. The van der Waals surface area contributed by atoms with Gasteiger partial charge in [0.15, 0.2) is 0 Å². The molecule has 1 saturated heterocycles. The zero-order valence-corrected chi connectivity index (χ0v) is 19.4. The summed E-state index contributed by atoms with van der Waals surface area (Å²) in [6.07, 6.45) is 0.101. The zero-order chi connectivity index (χ0) is 22.8. The highest BCUT2D eigenvalue weighted by Gasteiger charge is 2.40. The highest BCUT2D eigenvalue weighted by molar-refractivity contribution is 8.00. The molecule has 0 bridgehead atoms. The fraction of sp³-hybridized carbons (Fsp3) is 0.0870. The van der Waals surface area contributed by atoms with E-state index < -0.39 is 5.25 Å². The predicted molar refractivity (Wildman–Crippen MR) is 129 cm³/mol. The Bertz CT molecular complexity index is 1220. The Kier molecular flexibility index (Phi) is 6.76. The van der Waals surface area contributed by atoms with E-state index in [4.69, 9.17) is 34.8 Å². The van der Waals surface area contributed by atoms with Crippen molar-refractivity contribution in [3.05, 3.63) is 87.4 Å². The maximum Gasteiger partial charge on any atom is 0.257 e. The number of nitrogens with zero attached hydrogens (tertiary/aromatic N) is 1. The molecule has 9 heteroatoms. The summed E-state index contributed by atoms with van der Waals surface area (Å²) in [5.41, 5.74) is 1.35. The molecule has 32 heavy (non-hydrogen) atoms. The van der Waals surface area contributed by atoms with Crippen LogP contribution in [0.3, 0.4) is 0 Å². The second kappa shape index (κ2) is 9.55. The Morgan fingerprint density at radius 3 is 2.34 bits per heavy atom. The smallest absolute Gasteiger partial charge is 0.257 e. The molecule has 0 saturated carbocycles. The van der Waals surface area contributed by atoms with E-state index in [0.717, 1.165) is 4.90 Å². The fourth-order valence-corrected chi connectivity index (χ4v) is 4.97. The Balaban J connectivity index is 1.42. The van der Waals surface area contributed by atoms with Crippen LogP contribution in [0.1, 0.15) is 16.8 Å². The summed E-state index contributed by atoms with van der Waals surface area (Å²) in [6, 6.07) is 18.3. The summed E-state index contributed by atoms with van der Waals surface area (Å²) in [5.74, 6) is -0.906. The third-order valence-corrected chi connectivity index (χ3v) is 6.72. The molecule has 0 aliphatic carbocycles. The van der Waals surface area contributed by atoms with E-state index in [1.807, 2.05) is 0 Å². The number of amides is 3. The SMILES string of the molecule is O=C(Nc1ccc(SC2CC(=O)N(c3cccc(Cl)c3)C2=O)cc1)c1ccc(Cl)cc1Cl. The molecular formula is C23H15Cl3N2O3S. The number of imide groups is 1. The van der Waals surface area contributed by atoms with Crippen molar-refractivity contribution in [2.45, 2.75) is 16.6 Å². The summed E-state index contributed by atoms with van der Waals surface area (Å²) in [5, 5.41) is 3.40. The molecule has 3 aromatic carbocycles. The maximum atomic E-state index is 12.8. The Morgan fingerprint density at radius 2 is 1.66 bits per heavy atom. The van der Waals surface area contributed by atoms with E-state index in [-0.39, 0.29) is 29.2 Å². The zero-order valence-electron chi connectivity index (χ0n) is 16.3. The number of hydrogen-bond acceptors (Lipinski definition) is 4. The molecule has 1 unspecified atom stereocenters. The van der Waals surface area contributed by atoms with Crippen LogP contribution in [0.4, 0.5) is 11.4 Å². The van der Waals surface area contributed by atoms with Crippen molar-refractivity contribution in [1.82, 2.24) is 0 Å². The third kappa shape index (κ3) is 4.94. The van der Waals surface area contributed by atoms with Gasteiger partial charge in [0.1, 0.15) is 0 Å². The number of hydrogen-bond donors (Lipinski definition) is 1. The number of anilines is 2. The molecule has 1 aliphatic rings. The van der Waals surface area contributed by atoms with Gasteiger partial charge in [-0.15, -0.1) is 11.8 Å². The molecule has 5 nitrogen and oxygen atoms in total. The van der Waals surface area contributed by atoms with Crippen molar-refractivity contribution in [3.63, 3.8) is 0 Å². The first-order valence-corrected chi connectivity index (χ1v) is 11.5. The van der Waals surface area contributed by atoms with Gasteiger partial charge < -0.3 is 5.32 Å². The second-order valence-corrected chi connectivity index (χ2v) is 9.52. The first kappa shape index (κ1) is 22.7. The molecule has 1 aliphatic heterocycles. The summed E-state index contributed by atoms with van der Waals surface area (Å²) in [7, 11) is 0. The molecule has 0 radical (unpaired) electrons. The van der Waals surface area contributed by atoms with Crippen molar-refractivity contribution in [2.24, 2.45) is 0 Å². The van der Waals surface area contributed by atoms with E-state index in [1.54, 1.807) is 60.7 Å². The number of thioether (sulfide) groups is 1. The summed E-state index contributed by atoms with van der Waals surface area (Å²) >= 11 is 19.2. The molecule has 4 rings (SSSR count). The Morgan fingerprint density at radius 1 is 0.938 bits per heavy atom. The predicted octanol–water partition coefficient (Wildman–Crippen LogP) is 6.32. The van der Waals surface area contributed by atoms with Crippen molar-refractivity contribution in [1.29, 1.82) is 0 Å². The van der Waals surface area contributed by atoms with E-state index in [2.05, 4.69) is 5.32 Å². The van der Waals surface area contributed by atoms with Gasteiger partial charge in [0.25, 0.3) is 5.91 Å². The molecule has 1 fully saturated rings. The van der Waals surface area contributed by atoms with Crippen LogP contribution in [-0.2, 0) is 9.59 Å². The third-order valence-electron chi connectivity index (χ3n) is 4.74. The van der Waals surface area contributed by atoms with Gasteiger partial charge in [-0.2, -0.15) is 0 Å². The minimum atomic E-state index is -0.533. The van der Waals surface area contributed by atoms with Crippen molar-refractivity contribution in [2.75, 3.05) is 10.2 Å². The molecule has 162 valence electrons. The van der Waals surface area contributed by atoms with Crippen LogP contribution in [0.25, 0.3) is 0 Å². The van der Waals surface area contributed by atoms with Gasteiger partial charge in [0, 0.05) is 27.0 Å². The van der Waals surface area contributed by atoms with Crippen LogP contribution in [0.5, 0.6) is 0 Å². The molecule has 3 aromatic rings. The number of carbonyl (C=O) groups excluding carboxylic acids is 3. The summed E-state index contributed by atoms with van der Waals surface area (Å²) < 4.78 is 0. The average molecular weight is 506 g/mol. The number of carbonyl (C=O) groups is 3. The van der Waals surface area contributed by atoms with Crippen LogP contribution in [0, 0.1) is 0 Å². The highest BCUT2D eigenvalue weighted by atomic mass is 35.5. The summed E-state index contributed by atoms with van der Waals surface area (Å²) in [4.78, 5) is 39.7. The lowest BCUT2D eigenvalue weighted by atomic mass is 10.2. The standard InChI is InChI=1S/C23H15Cl3N2O3S/c24-13-2-1-3-16(10-13)28-21(29)12-20(23(28)31)32-17-7-5-15(6-8-17)27-22(30)18-9-4-14(25)11-19(18)26/h1-11,20H,12H2,(H,27,30). The van der Waals surface area contributed by atoms with Crippen molar-refractivity contribution in [3.8, 4) is 0 Å². The topological polar surface area (TPSA) is 66.5 Å². The van der Waals surface area contributed by atoms with Crippen LogP contribution in [0.15, 0.2) is 71.6 Å². The Labute approximate surface area is 203 Å². The van der Waals surface area contributed by atoms with Crippen molar-refractivity contribution < 1.29 is 14.4 Å². The molecule has 1 N–H and O–H groups in total. The molecule has 1 heterocycles. The van der Waals surface area contributed by atoms with Crippen LogP contribution in [0.2, 0.25) is 15.1 Å². The highest BCUT2D eigenvalue weighted by Crippen LogP contribution is 2.35. The first-order chi connectivity index (χ1) is 15.3. The van der Waals surface area contributed by atoms with E-state index >= 15 is 0 Å². The van der Waals surface area contributed by atoms with Crippen molar-refractivity contribution >= 4 is 75.7 Å². The number of rotatable bonds is 5. The van der Waals surface area contributed by atoms with Crippen LogP contribution < -0.4 is 10.2 Å². The number of benzene rings is 3. The van der Waals surface area contributed by atoms with Gasteiger partial charge in [0.2, 0.25) is 11.8 Å². The van der Waals surface area contributed by atoms with E-state index in [0.29, 0.717) is 27.0 Å². The summed E-state index contributed by atoms with van der Waals surface area (Å²) in [6.45, 7) is 0. The minimum Gasteiger partial charge on any atom is -0.322 e. The molecule has 3 amide bonds. The lowest BCUT2D eigenvalue weighted by molar-refractivity contribution is -0.121. The largest absolute Gasteiger partial charge is 0.322 e. The quantitative estimate of drug-likeness (QED) is 0.412. The van der Waals surface area contributed by atoms with Crippen LogP contribution >= 0.6 is 46.6 Å². The molecule has 1 atom stereocenters. The second-order valence-electron chi connectivity index (χ2n) is 6.96. The average Bonchev–Trinajstić information content (AvgIpc) is 3.02. The fourth-order valence-electron chi connectivity index (χ4n) is 3.24. The molecule has 0 spiro atoms. The Hall–Kier alpha value is -2.51. The van der Waals surface area contributed by atoms with Gasteiger partial charge in [-0.05, 0) is 60.7 Å².